The minimum absolute atomic E-state index is 0.112. The van der Waals surface area contributed by atoms with E-state index in [1.54, 1.807) is 6.07 Å². The van der Waals surface area contributed by atoms with Crippen molar-refractivity contribution in [2.45, 2.75) is 33.1 Å². The first-order valence-electron chi connectivity index (χ1n) is 7.86. The standard InChI is InChI=1S/C19H22FNO2/c1-3-11-23-18-12-14(2)7-9-17(18)21-19(22)10-8-15-5-4-6-16(20)13-15/h4-7,9,12-13H,3,8,10-11H2,1-2H3,(H,21,22). The third-order valence-corrected chi connectivity index (χ3v) is 3.40. The van der Waals surface area contributed by atoms with E-state index in [1.165, 1.54) is 12.1 Å². The Kier molecular flexibility index (Phi) is 6.15. The second kappa shape index (κ2) is 8.32. The molecule has 0 unspecified atom stereocenters. The summed E-state index contributed by atoms with van der Waals surface area (Å²) in [5.74, 6) is 0.294. The summed E-state index contributed by atoms with van der Waals surface area (Å²) in [6, 6.07) is 12.0. The topological polar surface area (TPSA) is 38.3 Å². The Balaban J connectivity index is 1.96. The molecule has 0 aliphatic rings. The van der Waals surface area contributed by atoms with E-state index in [4.69, 9.17) is 4.74 Å². The molecule has 2 aromatic carbocycles. The van der Waals surface area contributed by atoms with Gasteiger partial charge in [-0.15, -0.1) is 0 Å². The molecule has 23 heavy (non-hydrogen) atoms. The number of anilines is 1. The number of amides is 1. The Morgan fingerprint density at radius 2 is 2.04 bits per heavy atom. The van der Waals surface area contributed by atoms with Crippen LogP contribution in [-0.4, -0.2) is 12.5 Å². The molecule has 0 aliphatic heterocycles. The molecule has 0 atom stereocenters. The van der Waals surface area contributed by atoms with Crippen molar-refractivity contribution >= 4 is 11.6 Å². The predicted octanol–water partition coefficient (Wildman–Crippen LogP) is 4.49. The van der Waals surface area contributed by atoms with Gasteiger partial charge in [-0.25, -0.2) is 4.39 Å². The highest BCUT2D eigenvalue weighted by molar-refractivity contribution is 5.92. The Morgan fingerprint density at radius 3 is 2.78 bits per heavy atom. The Morgan fingerprint density at radius 1 is 1.22 bits per heavy atom. The van der Waals surface area contributed by atoms with E-state index in [1.807, 2.05) is 38.1 Å². The van der Waals surface area contributed by atoms with E-state index < -0.39 is 0 Å². The molecule has 4 heteroatoms. The molecule has 1 N–H and O–H groups in total. The molecule has 0 aliphatic carbocycles. The monoisotopic (exact) mass is 315 g/mol. The number of aryl methyl sites for hydroxylation is 2. The van der Waals surface area contributed by atoms with Crippen LogP contribution < -0.4 is 10.1 Å². The van der Waals surface area contributed by atoms with Gasteiger partial charge in [-0.1, -0.05) is 25.1 Å². The van der Waals surface area contributed by atoms with Crippen LogP contribution in [0.5, 0.6) is 5.75 Å². The summed E-state index contributed by atoms with van der Waals surface area (Å²) in [5.41, 5.74) is 2.56. The van der Waals surface area contributed by atoms with Crippen LogP contribution >= 0.6 is 0 Å². The van der Waals surface area contributed by atoms with Crippen molar-refractivity contribution in [1.82, 2.24) is 0 Å². The lowest BCUT2D eigenvalue weighted by molar-refractivity contribution is -0.116. The Hall–Kier alpha value is -2.36. The second-order valence-corrected chi connectivity index (χ2v) is 5.53. The fraction of sp³-hybridized carbons (Fsp3) is 0.316. The summed E-state index contributed by atoms with van der Waals surface area (Å²) in [5, 5.41) is 2.87. The number of carbonyl (C=O) groups is 1. The highest BCUT2D eigenvalue weighted by Crippen LogP contribution is 2.26. The quantitative estimate of drug-likeness (QED) is 0.817. The molecular formula is C19H22FNO2. The minimum Gasteiger partial charge on any atom is -0.491 e. The molecule has 122 valence electrons. The lowest BCUT2D eigenvalue weighted by Gasteiger charge is -2.13. The zero-order valence-electron chi connectivity index (χ0n) is 13.6. The van der Waals surface area contributed by atoms with Gasteiger partial charge in [0.05, 0.1) is 12.3 Å². The van der Waals surface area contributed by atoms with Crippen LogP contribution in [0.2, 0.25) is 0 Å². The first-order chi connectivity index (χ1) is 11.1. The molecule has 2 rings (SSSR count). The first kappa shape index (κ1) is 17.0. The van der Waals surface area contributed by atoms with Crippen LogP contribution in [0, 0.1) is 12.7 Å². The number of halogens is 1. The number of rotatable bonds is 7. The summed E-state index contributed by atoms with van der Waals surface area (Å²) in [4.78, 5) is 12.1. The zero-order chi connectivity index (χ0) is 16.7. The molecule has 0 heterocycles. The van der Waals surface area contributed by atoms with Crippen LogP contribution in [0.15, 0.2) is 42.5 Å². The SMILES string of the molecule is CCCOc1cc(C)ccc1NC(=O)CCc1cccc(F)c1. The van der Waals surface area contributed by atoms with Gasteiger partial charge in [0.2, 0.25) is 5.91 Å². The van der Waals surface area contributed by atoms with E-state index in [0.717, 1.165) is 17.5 Å². The fourth-order valence-corrected chi connectivity index (χ4v) is 2.23. The molecule has 0 saturated heterocycles. The second-order valence-electron chi connectivity index (χ2n) is 5.53. The van der Waals surface area contributed by atoms with Gasteiger partial charge in [0.1, 0.15) is 11.6 Å². The maximum atomic E-state index is 13.1. The van der Waals surface area contributed by atoms with Crippen LogP contribution in [0.4, 0.5) is 10.1 Å². The summed E-state index contributed by atoms with van der Waals surface area (Å²) >= 11 is 0. The lowest BCUT2D eigenvalue weighted by atomic mass is 10.1. The molecule has 0 bridgehead atoms. The number of carbonyl (C=O) groups excluding carboxylic acids is 1. The number of hydrogen-bond donors (Lipinski definition) is 1. The van der Waals surface area contributed by atoms with Crippen molar-refractivity contribution in [2.75, 3.05) is 11.9 Å². The summed E-state index contributed by atoms with van der Waals surface area (Å²) in [6.07, 6.45) is 1.70. The van der Waals surface area contributed by atoms with Crippen molar-refractivity contribution in [3.8, 4) is 5.75 Å². The number of ether oxygens (including phenoxy) is 1. The highest BCUT2D eigenvalue weighted by Gasteiger charge is 2.09. The minimum atomic E-state index is -0.281. The summed E-state index contributed by atoms with van der Waals surface area (Å²) in [7, 11) is 0. The highest BCUT2D eigenvalue weighted by atomic mass is 19.1. The third kappa shape index (κ3) is 5.40. The van der Waals surface area contributed by atoms with Crippen LogP contribution in [0.3, 0.4) is 0 Å². The maximum Gasteiger partial charge on any atom is 0.224 e. The fourth-order valence-electron chi connectivity index (χ4n) is 2.23. The zero-order valence-corrected chi connectivity index (χ0v) is 13.6. The van der Waals surface area contributed by atoms with E-state index in [2.05, 4.69) is 5.32 Å². The number of benzene rings is 2. The van der Waals surface area contributed by atoms with Crippen molar-refractivity contribution in [1.29, 1.82) is 0 Å². The number of nitrogens with one attached hydrogen (secondary N) is 1. The van der Waals surface area contributed by atoms with Gasteiger partial charge < -0.3 is 10.1 Å². The van der Waals surface area contributed by atoms with E-state index in [0.29, 0.717) is 30.9 Å². The molecule has 0 fully saturated rings. The predicted molar refractivity (Wildman–Crippen MR) is 90.3 cm³/mol. The van der Waals surface area contributed by atoms with Gasteiger partial charge in [-0.05, 0) is 55.2 Å². The molecule has 0 aromatic heterocycles. The third-order valence-electron chi connectivity index (χ3n) is 3.40. The molecule has 0 radical (unpaired) electrons. The summed E-state index contributed by atoms with van der Waals surface area (Å²) < 4.78 is 18.8. The van der Waals surface area contributed by atoms with Gasteiger partial charge in [-0.2, -0.15) is 0 Å². The molecule has 3 nitrogen and oxygen atoms in total. The van der Waals surface area contributed by atoms with Crippen LogP contribution in [0.1, 0.15) is 30.9 Å². The van der Waals surface area contributed by atoms with Crippen molar-refractivity contribution in [3.63, 3.8) is 0 Å². The van der Waals surface area contributed by atoms with E-state index in [-0.39, 0.29) is 11.7 Å². The van der Waals surface area contributed by atoms with Crippen molar-refractivity contribution < 1.29 is 13.9 Å². The molecule has 0 spiro atoms. The van der Waals surface area contributed by atoms with Crippen molar-refractivity contribution in [2.24, 2.45) is 0 Å². The van der Waals surface area contributed by atoms with Crippen LogP contribution in [0.25, 0.3) is 0 Å². The van der Waals surface area contributed by atoms with Crippen LogP contribution in [-0.2, 0) is 11.2 Å². The van der Waals surface area contributed by atoms with E-state index in [9.17, 15) is 9.18 Å². The van der Waals surface area contributed by atoms with Crippen molar-refractivity contribution in [3.05, 3.63) is 59.4 Å². The van der Waals surface area contributed by atoms with Gasteiger partial charge in [0.15, 0.2) is 0 Å². The van der Waals surface area contributed by atoms with Gasteiger partial charge in [-0.3, -0.25) is 4.79 Å². The molecule has 2 aromatic rings. The summed E-state index contributed by atoms with van der Waals surface area (Å²) in [6.45, 7) is 4.62. The number of hydrogen-bond acceptors (Lipinski definition) is 2. The molecule has 0 saturated carbocycles. The Bertz CT molecular complexity index is 670. The van der Waals surface area contributed by atoms with Gasteiger partial charge in [0.25, 0.3) is 0 Å². The normalized spacial score (nSPS) is 10.4. The lowest BCUT2D eigenvalue weighted by Crippen LogP contribution is -2.13. The van der Waals surface area contributed by atoms with Gasteiger partial charge in [0, 0.05) is 6.42 Å². The Labute approximate surface area is 136 Å². The van der Waals surface area contributed by atoms with Gasteiger partial charge >= 0.3 is 0 Å². The first-order valence-corrected chi connectivity index (χ1v) is 7.86. The average Bonchev–Trinajstić information content (AvgIpc) is 2.53. The molecular weight excluding hydrogens is 293 g/mol. The molecule has 1 amide bonds. The average molecular weight is 315 g/mol. The van der Waals surface area contributed by atoms with E-state index >= 15 is 0 Å². The smallest absolute Gasteiger partial charge is 0.224 e. The largest absolute Gasteiger partial charge is 0.491 e. The maximum absolute atomic E-state index is 13.1.